The normalized spacial score (nSPS) is 20.9. The molecule has 1 amide bonds. The zero-order chi connectivity index (χ0) is 16.8. The number of benzene rings is 1. The van der Waals surface area contributed by atoms with E-state index in [1.54, 1.807) is 0 Å². The summed E-state index contributed by atoms with van der Waals surface area (Å²) in [5.41, 5.74) is 2.72. The van der Waals surface area contributed by atoms with Crippen LogP contribution in [0.4, 0.5) is 5.69 Å². The van der Waals surface area contributed by atoms with Gasteiger partial charge in [0.2, 0.25) is 5.91 Å². The molecule has 132 valence electrons. The van der Waals surface area contributed by atoms with Crippen molar-refractivity contribution in [2.45, 2.75) is 38.1 Å². The number of hydrogen-bond donors (Lipinski definition) is 2. The van der Waals surface area contributed by atoms with Crippen molar-refractivity contribution in [1.82, 2.24) is 10.2 Å². The van der Waals surface area contributed by atoms with E-state index in [0.29, 0.717) is 19.1 Å². The molecule has 1 fully saturated rings. The van der Waals surface area contributed by atoms with E-state index in [0.717, 1.165) is 45.3 Å². The summed E-state index contributed by atoms with van der Waals surface area (Å²) in [6, 6.07) is 8.88. The van der Waals surface area contributed by atoms with Crippen molar-refractivity contribution in [2.24, 2.45) is 0 Å². The number of aliphatic hydroxyl groups excluding tert-OH is 1. The first-order valence-corrected chi connectivity index (χ1v) is 9.22. The van der Waals surface area contributed by atoms with Gasteiger partial charge in [0.1, 0.15) is 0 Å². The van der Waals surface area contributed by atoms with Crippen LogP contribution in [-0.4, -0.2) is 61.3 Å². The minimum atomic E-state index is 0.104. The lowest BCUT2D eigenvalue weighted by Crippen LogP contribution is -2.46. The first-order valence-electron chi connectivity index (χ1n) is 9.22. The van der Waals surface area contributed by atoms with Gasteiger partial charge in [0.05, 0.1) is 6.54 Å². The molecule has 0 aliphatic carbocycles. The minimum Gasteiger partial charge on any atom is -0.396 e. The third kappa shape index (κ3) is 4.28. The number of nitrogens with one attached hydrogen (secondary N) is 1. The van der Waals surface area contributed by atoms with Crippen molar-refractivity contribution in [1.29, 1.82) is 0 Å². The molecule has 0 bridgehead atoms. The fourth-order valence-corrected chi connectivity index (χ4v) is 3.95. The summed E-state index contributed by atoms with van der Waals surface area (Å²) in [6.07, 6.45) is 5.33. The first-order chi connectivity index (χ1) is 11.8. The second-order valence-electron chi connectivity index (χ2n) is 6.85. The van der Waals surface area contributed by atoms with Gasteiger partial charge in [-0.3, -0.25) is 9.69 Å². The van der Waals surface area contributed by atoms with E-state index in [1.807, 2.05) is 0 Å². The predicted molar refractivity (Wildman–Crippen MR) is 96.3 cm³/mol. The van der Waals surface area contributed by atoms with Gasteiger partial charge in [-0.25, -0.2) is 0 Å². The highest BCUT2D eigenvalue weighted by Crippen LogP contribution is 2.26. The van der Waals surface area contributed by atoms with Crippen molar-refractivity contribution in [3.63, 3.8) is 0 Å². The summed E-state index contributed by atoms with van der Waals surface area (Å²) < 4.78 is 0. The van der Waals surface area contributed by atoms with Gasteiger partial charge in [0.15, 0.2) is 0 Å². The topological polar surface area (TPSA) is 55.8 Å². The second kappa shape index (κ2) is 8.49. The van der Waals surface area contributed by atoms with E-state index in [-0.39, 0.29) is 12.5 Å². The summed E-state index contributed by atoms with van der Waals surface area (Å²) in [4.78, 5) is 16.8. The molecule has 0 saturated carbocycles. The Balaban J connectivity index is 1.41. The van der Waals surface area contributed by atoms with E-state index in [1.165, 1.54) is 17.7 Å². The maximum atomic E-state index is 12.2. The Kier molecular flexibility index (Phi) is 6.10. The lowest BCUT2D eigenvalue weighted by atomic mass is 10.00. The van der Waals surface area contributed by atoms with Crippen LogP contribution >= 0.6 is 0 Å². The molecule has 5 heteroatoms. The average Bonchev–Trinajstić information content (AvgIpc) is 3.00. The number of carbonyl (C=O) groups excluding carboxylic acids is 1. The molecule has 0 radical (unpaired) electrons. The molecule has 0 spiro atoms. The Morgan fingerprint density at radius 2 is 2.12 bits per heavy atom. The molecule has 2 N–H and O–H groups in total. The molecule has 1 unspecified atom stereocenters. The minimum absolute atomic E-state index is 0.104. The number of hydrogen-bond acceptors (Lipinski definition) is 4. The van der Waals surface area contributed by atoms with Crippen molar-refractivity contribution in [3.05, 3.63) is 29.8 Å². The van der Waals surface area contributed by atoms with Gasteiger partial charge in [-0.05, 0) is 43.9 Å². The summed E-state index contributed by atoms with van der Waals surface area (Å²) >= 11 is 0. The van der Waals surface area contributed by atoms with Gasteiger partial charge in [-0.15, -0.1) is 0 Å². The van der Waals surface area contributed by atoms with Gasteiger partial charge in [-0.1, -0.05) is 24.6 Å². The van der Waals surface area contributed by atoms with Crippen LogP contribution in [-0.2, 0) is 11.2 Å². The monoisotopic (exact) mass is 331 g/mol. The van der Waals surface area contributed by atoms with E-state index in [2.05, 4.69) is 39.4 Å². The number of likely N-dealkylation sites (tertiary alicyclic amines) is 1. The molecule has 1 atom stereocenters. The van der Waals surface area contributed by atoms with E-state index in [9.17, 15) is 9.90 Å². The van der Waals surface area contributed by atoms with Crippen molar-refractivity contribution < 1.29 is 9.90 Å². The van der Waals surface area contributed by atoms with Crippen LogP contribution in [0.15, 0.2) is 24.3 Å². The van der Waals surface area contributed by atoms with Crippen LogP contribution in [0.1, 0.15) is 31.2 Å². The Morgan fingerprint density at radius 1 is 1.25 bits per heavy atom. The first kappa shape index (κ1) is 17.2. The molecule has 2 aliphatic rings. The van der Waals surface area contributed by atoms with E-state index < -0.39 is 0 Å². The number of amides is 1. The standard InChI is InChI=1S/C19H29N3O2/c23-14-9-17-6-3-4-11-22(17)15-19(24)20-10-13-21-12-8-16-5-1-2-7-18(16)21/h1-2,5,7,17,23H,3-4,6,8-15H2,(H,20,24). The fourth-order valence-electron chi connectivity index (χ4n) is 3.95. The van der Waals surface area contributed by atoms with Crippen LogP contribution < -0.4 is 10.2 Å². The predicted octanol–water partition coefficient (Wildman–Crippen LogP) is 1.40. The van der Waals surface area contributed by atoms with Crippen LogP contribution in [0.5, 0.6) is 0 Å². The van der Waals surface area contributed by atoms with Crippen molar-refractivity contribution in [2.75, 3.05) is 44.2 Å². The Bertz CT molecular complexity index is 547. The van der Waals surface area contributed by atoms with Crippen LogP contribution in [0.2, 0.25) is 0 Å². The lowest BCUT2D eigenvalue weighted by molar-refractivity contribution is -0.123. The summed E-state index contributed by atoms with van der Waals surface area (Å²) in [7, 11) is 0. The third-order valence-corrected chi connectivity index (χ3v) is 5.25. The molecule has 0 aromatic heterocycles. The summed E-state index contributed by atoms with van der Waals surface area (Å²) in [5.74, 6) is 0.104. The van der Waals surface area contributed by atoms with Gasteiger partial charge in [-0.2, -0.15) is 0 Å². The third-order valence-electron chi connectivity index (χ3n) is 5.25. The number of para-hydroxylation sites is 1. The number of piperidine rings is 1. The Hall–Kier alpha value is -1.59. The summed E-state index contributed by atoms with van der Waals surface area (Å²) in [5, 5.41) is 12.2. The maximum Gasteiger partial charge on any atom is 0.234 e. The van der Waals surface area contributed by atoms with Crippen LogP contribution in [0, 0.1) is 0 Å². The zero-order valence-corrected chi connectivity index (χ0v) is 14.4. The molecular formula is C19H29N3O2. The van der Waals surface area contributed by atoms with Gasteiger partial charge in [0.25, 0.3) is 0 Å². The number of fused-ring (bicyclic) bond motifs is 1. The maximum absolute atomic E-state index is 12.2. The zero-order valence-electron chi connectivity index (χ0n) is 14.4. The highest BCUT2D eigenvalue weighted by atomic mass is 16.3. The molecule has 3 rings (SSSR count). The molecule has 2 aliphatic heterocycles. The van der Waals surface area contributed by atoms with Crippen LogP contribution in [0.3, 0.4) is 0 Å². The second-order valence-corrected chi connectivity index (χ2v) is 6.85. The Labute approximate surface area is 144 Å². The number of aliphatic hydroxyl groups is 1. The number of rotatable bonds is 7. The lowest BCUT2D eigenvalue weighted by Gasteiger charge is -2.34. The van der Waals surface area contributed by atoms with E-state index >= 15 is 0 Å². The highest BCUT2D eigenvalue weighted by Gasteiger charge is 2.24. The quantitative estimate of drug-likeness (QED) is 0.793. The SMILES string of the molecule is O=C(CN1CCCCC1CCO)NCCN1CCc2ccccc21. The molecule has 1 saturated heterocycles. The van der Waals surface area contributed by atoms with Crippen molar-refractivity contribution in [3.8, 4) is 0 Å². The highest BCUT2D eigenvalue weighted by molar-refractivity contribution is 5.78. The number of nitrogens with zero attached hydrogens (tertiary/aromatic N) is 2. The van der Waals surface area contributed by atoms with Gasteiger partial charge in [0, 0.05) is 38.0 Å². The van der Waals surface area contributed by atoms with Crippen molar-refractivity contribution >= 4 is 11.6 Å². The van der Waals surface area contributed by atoms with Gasteiger partial charge < -0.3 is 15.3 Å². The smallest absolute Gasteiger partial charge is 0.234 e. The van der Waals surface area contributed by atoms with E-state index in [4.69, 9.17) is 0 Å². The fraction of sp³-hybridized carbons (Fsp3) is 0.632. The number of carbonyl (C=O) groups is 1. The number of anilines is 1. The average molecular weight is 331 g/mol. The molecule has 5 nitrogen and oxygen atoms in total. The Morgan fingerprint density at radius 3 is 3.00 bits per heavy atom. The molecule has 24 heavy (non-hydrogen) atoms. The molecule has 2 heterocycles. The summed E-state index contributed by atoms with van der Waals surface area (Å²) in [6.45, 7) is 4.23. The molecular weight excluding hydrogens is 302 g/mol. The largest absolute Gasteiger partial charge is 0.396 e. The molecule has 1 aromatic carbocycles. The van der Waals surface area contributed by atoms with Crippen LogP contribution in [0.25, 0.3) is 0 Å². The molecule has 1 aromatic rings. The van der Waals surface area contributed by atoms with Gasteiger partial charge >= 0.3 is 0 Å².